The van der Waals surface area contributed by atoms with Crippen molar-refractivity contribution in [2.24, 2.45) is 0 Å². The molecule has 0 aromatic heterocycles. The van der Waals surface area contributed by atoms with E-state index in [0.717, 1.165) is 0 Å². The fourth-order valence-electron chi connectivity index (χ4n) is 3.31. The number of allylic oxidation sites excluding steroid dienone is 8. The second-order valence-electron chi connectivity index (χ2n) is 8.11. The van der Waals surface area contributed by atoms with E-state index in [0.29, 0.717) is 0 Å². The zero-order valence-corrected chi connectivity index (χ0v) is 19.3. The van der Waals surface area contributed by atoms with Crippen LogP contribution in [-0.4, -0.2) is 0 Å². The van der Waals surface area contributed by atoms with Gasteiger partial charge in [-0.3, -0.25) is 0 Å². The fraction of sp³-hybridized carbons (Fsp3) is 0.714. The highest BCUT2D eigenvalue weighted by molar-refractivity contribution is 5.02. The highest BCUT2D eigenvalue weighted by Crippen LogP contribution is 2.09. The molecular weight excluding hydrogens is 336 g/mol. The minimum Gasteiger partial charge on any atom is -0.0845 e. The minimum atomic E-state index is 1.24. The lowest BCUT2D eigenvalue weighted by Gasteiger charge is -1.99. The molecule has 0 radical (unpaired) electrons. The first-order valence-electron chi connectivity index (χ1n) is 12.5. The Labute approximate surface area is 178 Å². The van der Waals surface area contributed by atoms with Crippen molar-refractivity contribution in [1.82, 2.24) is 0 Å². The van der Waals surface area contributed by atoms with Gasteiger partial charge in [-0.25, -0.2) is 0 Å². The summed E-state index contributed by atoms with van der Waals surface area (Å²) in [5, 5.41) is 0. The van der Waals surface area contributed by atoms with Crippen molar-refractivity contribution in [1.29, 1.82) is 0 Å². The molecule has 0 aliphatic heterocycles. The van der Waals surface area contributed by atoms with Gasteiger partial charge in [-0.05, 0) is 51.4 Å². The third kappa shape index (κ3) is 25.0. The maximum atomic E-state index is 2.34. The predicted molar refractivity (Wildman–Crippen MR) is 131 cm³/mol. The summed E-state index contributed by atoms with van der Waals surface area (Å²) in [6.07, 6.45) is 42.5. The average Bonchev–Trinajstić information content (AvgIpc) is 2.71. The normalized spacial score (nSPS) is 12.5. The number of hydrogen-bond acceptors (Lipinski definition) is 0. The van der Waals surface area contributed by atoms with Crippen molar-refractivity contribution in [2.45, 2.75) is 129 Å². The van der Waals surface area contributed by atoms with E-state index in [-0.39, 0.29) is 0 Å². The Balaban J connectivity index is 3.24. The van der Waals surface area contributed by atoms with Gasteiger partial charge in [0.1, 0.15) is 0 Å². The van der Waals surface area contributed by atoms with E-state index in [4.69, 9.17) is 0 Å². The van der Waals surface area contributed by atoms with Gasteiger partial charge in [0, 0.05) is 0 Å². The second kappa shape index (κ2) is 26.0. The van der Waals surface area contributed by atoms with Crippen molar-refractivity contribution in [2.75, 3.05) is 0 Å². The summed E-state index contributed by atoms with van der Waals surface area (Å²) in [6.45, 7) is 4.54. The molecule has 0 saturated carbocycles. The third-order valence-electron chi connectivity index (χ3n) is 5.21. The van der Waals surface area contributed by atoms with Crippen molar-refractivity contribution in [3.8, 4) is 0 Å². The molecule has 0 unspecified atom stereocenters. The van der Waals surface area contributed by atoms with E-state index >= 15 is 0 Å². The van der Waals surface area contributed by atoms with E-state index in [9.17, 15) is 0 Å². The topological polar surface area (TPSA) is 0 Å². The van der Waals surface area contributed by atoms with Crippen LogP contribution in [0.2, 0.25) is 0 Å². The predicted octanol–water partition coefficient (Wildman–Crippen LogP) is 10.3. The van der Waals surface area contributed by atoms with E-state index in [2.05, 4.69) is 62.5 Å². The number of hydrogen-bond donors (Lipinski definition) is 0. The van der Waals surface area contributed by atoms with Crippen LogP contribution in [0.1, 0.15) is 129 Å². The van der Waals surface area contributed by atoms with E-state index in [1.807, 2.05) is 0 Å². The van der Waals surface area contributed by atoms with Gasteiger partial charge >= 0.3 is 0 Å². The lowest BCUT2D eigenvalue weighted by molar-refractivity contribution is 0.600. The molecule has 28 heavy (non-hydrogen) atoms. The average molecular weight is 387 g/mol. The zero-order chi connectivity index (χ0) is 20.4. The van der Waals surface area contributed by atoms with Gasteiger partial charge in [0.05, 0.1) is 0 Å². The molecule has 0 aromatic carbocycles. The Kier molecular flexibility index (Phi) is 25.0. The molecule has 162 valence electrons. The third-order valence-corrected chi connectivity index (χ3v) is 5.21. The minimum absolute atomic E-state index is 1.24. The van der Waals surface area contributed by atoms with Crippen LogP contribution in [0.25, 0.3) is 0 Å². The highest BCUT2D eigenvalue weighted by Gasteiger charge is 1.90. The molecule has 0 aliphatic carbocycles. The molecule has 0 heterocycles. The maximum absolute atomic E-state index is 2.34. The maximum Gasteiger partial charge on any atom is -0.0348 e. The van der Waals surface area contributed by atoms with Crippen LogP contribution in [-0.2, 0) is 0 Å². The molecule has 0 heteroatoms. The first-order chi connectivity index (χ1) is 13.9. The molecule has 0 amide bonds. The summed E-state index contributed by atoms with van der Waals surface area (Å²) in [4.78, 5) is 0. The zero-order valence-electron chi connectivity index (χ0n) is 19.3. The summed E-state index contributed by atoms with van der Waals surface area (Å²) in [5.74, 6) is 0. The van der Waals surface area contributed by atoms with E-state index in [1.165, 1.54) is 116 Å². The van der Waals surface area contributed by atoms with Gasteiger partial charge in [0.2, 0.25) is 0 Å². The van der Waals surface area contributed by atoms with Crippen molar-refractivity contribution >= 4 is 0 Å². The Hall–Kier alpha value is -1.04. The molecule has 0 spiro atoms. The molecule has 0 aromatic rings. The Bertz CT molecular complexity index is 345. The van der Waals surface area contributed by atoms with Gasteiger partial charge in [0.25, 0.3) is 0 Å². The lowest BCUT2D eigenvalue weighted by atomic mass is 10.1. The molecule has 0 fully saturated rings. The molecular formula is C28H50. The van der Waals surface area contributed by atoms with Crippen molar-refractivity contribution < 1.29 is 0 Å². The standard InChI is InChI=1S/C28H50/c1-3-5-7-9-11-13-15-17-19-21-23-25-27-28-26-24-22-20-18-16-14-12-10-8-6-4-2/h13-20H,3-12,21-28H2,1-2H3/b15-13+,16-14+,19-17+,20-18+. The SMILES string of the molecule is CCCCCC/C=C/C=C/CCCCCCCC/C=C/C=C/CCCCCC. The molecule has 0 saturated heterocycles. The highest BCUT2D eigenvalue weighted by atomic mass is 14.0. The summed E-state index contributed by atoms with van der Waals surface area (Å²) in [5.41, 5.74) is 0. The number of rotatable bonds is 21. The summed E-state index contributed by atoms with van der Waals surface area (Å²) < 4.78 is 0. The van der Waals surface area contributed by atoms with Crippen LogP contribution >= 0.6 is 0 Å². The van der Waals surface area contributed by atoms with Crippen LogP contribution in [0.5, 0.6) is 0 Å². The Morgan fingerprint density at radius 3 is 0.857 bits per heavy atom. The first kappa shape index (κ1) is 27.0. The first-order valence-corrected chi connectivity index (χ1v) is 12.5. The molecule has 0 rings (SSSR count). The summed E-state index contributed by atoms with van der Waals surface area (Å²) >= 11 is 0. The van der Waals surface area contributed by atoms with Gasteiger partial charge in [-0.15, -0.1) is 0 Å². The second-order valence-corrected chi connectivity index (χ2v) is 8.11. The molecule has 0 atom stereocenters. The van der Waals surface area contributed by atoms with Gasteiger partial charge in [-0.1, -0.05) is 127 Å². The lowest BCUT2D eigenvalue weighted by Crippen LogP contribution is -1.79. The molecule has 0 aliphatic rings. The largest absolute Gasteiger partial charge is 0.0845 e. The van der Waals surface area contributed by atoms with Crippen LogP contribution < -0.4 is 0 Å². The molecule has 0 nitrogen and oxygen atoms in total. The molecule has 0 N–H and O–H groups in total. The van der Waals surface area contributed by atoms with Crippen LogP contribution in [0.3, 0.4) is 0 Å². The monoisotopic (exact) mass is 386 g/mol. The van der Waals surface area contributed by atoms with Gasteiger partial charge in [0.15, 0.2) is 0 Å². The van der Waals surface area contributed by atoms with Crippen LogP contribution in [0, 0.1) is 0 Å². The van der Waals surface area contributed by atoms with E-state index in [1.54, 1.807) is 0 Å². The van der Waals surface area contributed by atoms with Crippen molar-refractivity contribution in [3.63, 3.8) is 0 Å². The van der Waals surface area contributed by atoms with Crippen LogP contribution in [0.15, 0.2) is 48.6 Å². The Morgan fingerprint density at radius 1 is 0.321 bits per heavy atom. The van der Waals surface area contributed by atoms with Crippen molar-refractivity contribution in [3.05, 3.63) is 48.6 Å². The quantitative estimate of drug-likeness (QED) is 0.136. The summed E-state index contributed by atoms with van der Waals surface area (Å²) in [7, 11) is 0. The van der Waals surface area contributed by atoms with Gasteiger partial charge < -0.3 is 0 Å². The number of unbranched alkanes of at least 4 members (excludes halogenated alkanes) is 15. The Morgan fingerprint density at radius 2 is 0.571 bits per heavy atom. The van der Waals surface area contributed by atoms with E-state index < -0.39 is 0 Å². The molecule has 0 bridgehead atoms. The van der Waals surface area contributed by atoms with Gasteiger partial charge in [-0.2, -0.15) is 0 Å². The summed E-state index contributed by atoms with van der Waals surface area (Å²) in [6, 6.07) is 0. The van der Waals surface area contributed by atoms with Crippen LogP contribution in [0.4, 0.5) is 0 Å². The fourth-order valence-corrected chi connectivity index (χ4v) is 3.31. The smallest absolute Gasteiger partial charge is 0.0348 e.